The molecule has 0 spiro atoms. The van der Waals surface area contributed by atoms with E-state index in [0.717, 1.165) is 19.3 Å². The molecule has 2 nitrogen and oxygen atoms in total. The average molecular weight is 220 g/mol. The summed E-state index contributed by atoms with van der Waals surface area (Å²) in [6.07, 6.45) is 4.26. The number of nitriles is 2. The van der Waals surface area contributed by atoms with E-state index in [1.165, 1.54) is 6.42 Å². The largest absolute Gasteiger partial charge is 0.198 e. The van der Waals surface area contributed by atoms with Crippen LogP contribution >= 0.6 is 12.6 Å². The zero-order chi connectivity index (χ0) is 11.1. The first-order valence-electron chi connectivity index (χ1n) is 5.64. The minimum atomic E-state index is -0.347. The quantitative estimate of drug-likeness (QED) is 0.743. The van der Waals surface area contributed by atoms with Gasteiger partial charge in [0.15, 0.2) is 0 Å². The fourth-order valence-electron chi connectivity index (χ4n) is 2.72. The van der Waals surface area contributed by atoms with E-state index >= 15 is 0 Å². The topological polar surface area (TPSA) is 47.6 Å². The Morgan fingerprint density at radius 1 is 1.47 bits per heavy atom. The summed E-state index contributed by atoms with van der Waals surface area (Å²) in [5, 5.41) is 17.8. The predicted octanol–water partition coefficient (Wildman–Crippen LogP) is 2.77. The second-order valence-electron chi connectivity index (χ2n) is 5.13. The van der Waals surface area contributed by atoms with Crippen LogP contribution in [0.3, 0.4) is 0 Å². The van der Waals surface area contributed by atoms with Crippen molar-refractivity contribution in [1.29, 1.82) is 10.5 Å². The van der Waals surface area contributed by atoms with E-state index in [2.05, 4.69) is 31.7 Å². The molecule has 0 aromatic rings. The van der Waals surface area contributed by atoms with Crippen molar-refractivity contribution in [2.45, 2.75) is 37.4 Å². The van der Waals surface area contributed by atoms with Crippen LogP contribution in [-0.2, 0) is 0 Å². The molecule has 0 amide bonds. The Hall–Kier alpha value is -0.670. The average Bonchev–Trinajstić information content (AvgIpc) is 2.76. The maximum absolute atomic E-state index is 8.89. The molecule has 15 heavy (non-hydrogen) atoms. The molecule has 5 unspecified atom stereocenters. The summed E-state index contributed by atoms with van der Waals surface area (Å²) in [5.41, 5.74) is 0. The lowest BCUT2D eigenvalue weighted by Crippen LogP contribution is -2.30. The van der Waals surface area contributed by atoms with Crippen LogP contribution in [0.25, 0.3) is 0 Å². The molecular weight excluding hydrogens is 204 g/mol. The highest BCUT2D eigenvalue weighted by Gasteiger charge is 2.53. The molecule has 3 heteroatoms. The smallest absolute Gasteiger partial charge is 0.103 e. The number of nitrogens with zero attached hydrogens (tertiary/aromatic N) is 2. The molecule has 80 valence electrons. The fourth-order valence-corrected chi connectivity index (χ4v) is 3.05. The molecule has 0 heterocycles. The minimum absolute atomic E-state index is 0.273. The van der Waals surface area contributed by atoms with Crippen molar-refractivity contribution >= 4 is 12.6 Å². The number of hydrogen-bond donors (Lipinski definition) is 1. The van der Waals surface area contributed by atoms with Gasteiger partial charge in [-0.2, -0.15) is 23.2 Å². The van der Waals surface area contributed by atoms with Crippen LogP contribution in [0, 0.1) is 46.3 Å². The molecule has 0 bridgehead atoms. The van der Waals surface area contributed by atoms with Gasteiger partial charge in [0.2, 0.25) is 0 Å². The minimum Gasteiger partial charge on any atom is -0.198 e. The Bertz CT molecular complexity index is 341. The summed E-state index contributed by atoms with van der Waals surface area (Å²) in [6.45, 7) is 2.22. The Morgan fingerprint density at radius 2 is 2.20 bits per heavy atom. The lowest BCUT2D eigenvalue weighted by molar-refractivity contribution is 0.146. The summed E-state index contributed by atoms with van der Waals surface area (Å²) in [6, 6.07) is 4.65. The zero-order valence-corrected chi connectivity index (χ0v) is 9.87. The zero-order valence-electron chi connectivity index (χ0n) is 8.98. The van der Waals surface area contributed by atoms with Crippen LogP contribution in [0.4, 0.5) is 0 Å². The van der Waals surface area contributed by atoms with Gasteiger partial charge < -0.3 is 0 Å². The van der Waals surface area contributed by atoms with E-state index in [4.69, 9.17) is 10.5 Å². The van der Waals surface area contributed by atoms with E-state index in [9.17, 15) is 0 Å². The molecule has 2 saturated carbocycles. The molecular formula is C12H16N2S. The Labute approximate surface area is 96.7 Å². The van der Waals surface area contributed by atoms with Gasteiger partial charge in [-0.25, -0.2) is 0 Å². The van der Waals surface area contributed by atoms with Gasteiger partial charge >= 0.3 is 0 Å². The molecule has 5 atom stereocenters. The molecule has 0 aromatic carbocycles. The van der Waals surface area contributed by atoms with Crippen LogP contribution in [0.1, 0.15) is 32.6 Å². The number of rotatable bonds is 3. The molecule has 0 aromatic heterocycles. The number of thiol groups is 1. The normalized spacial score (nSPS) is 44.7. The van der Waals surface area contributed by atoms with Crippen LogP contribution in [0.15, 0.2) is 0 Å². The summed E-state index contributed by atoms with van der Waals surface area (Å²) in [4.78, 5) is 0. The lowest BCUT2D eigenvalue weighted by atomic mass is 9.67. The van der Waals surface area contributed by atoms with Crippen LogP contribution in [0.2, 0.25) is 0 Å². The van der Waals surface area contributed by atoms with Crippen LogP contribution in [0.5, 0.6) is 0 Å². The highest BCUT2D eigenvalue weighted by atomic mass is 32.1. The van der Waals surface area contributed by atoms with Gasteiger partial charge in [0.05, 0.1) is 12.1 Å². The SMILES string of the molecule is CC(CC1CC1(S)C#N)C1CCC1C#N. The molecule has 0 saturated heterocycles. The van der Waals surface area contributed by atoms with Crippen LogP contribution in [-0.4, -0.2) is 4.75 Å². The van der Waals surface area contributed by atoms with Crippen molar-refractivity contribution in [1.82, 2.24) is 0 Å². The standard InChI is InChI=1S/C12H16N2S/c1-8(11-3-2-9(11)6-13)4-10-5-12(10,15)7-14/h8-11,15H,2-5H2,1H3. The van der Waals surface area contributed by atoms with E-state index in [0.29, 0.717) is 17.8 Å². The summed E-state index contributed by atoms with van der Waals surface area (Å²) in [5.74, 6) is 1.89. The molecule has 0 N–H and O–H groups in total. The van der Waals surface area contributed by atoms with Crippen molar-refractivity contribution in [3.8, 4) is 12.1 Å². The summed E-state index contributed by atoms with van der Waals surface area (Å²) >= 11 is 4.37. The predicted molar refractivity (Wildman–Crippen MR) is 61.0 cm³/mol. The third kappa shape index (κ3) is 1.86. The van der Waals surface area contributed by atoms with Crippen molar-refractivity contribution < 1.29 is 0 Å². The molecule has 0 aliphatic heterocycles. The van der Waals surface area contributed by atoms with Crippen molar-refractivity contribution in [3.63, 3.8) is 0 Å². The molecule has 0 radical (unpaired) electrons. The maximum atomic E-state index is 8.89. The third-order valence-corrected chi connectivity index (χ3v) is 4.80. The van der Waals surface area contributed by atoms with Gasteiger partial charge in [-0.3, -0.25) is 0 Å². The second kappa shape index (κ2) is 3.72. The van der Waals surface area contributed by atoms with E-state index in [-0.39, 0.29) is 10.7 Å². The van der Waals surface area contributed by atoms with Crippen molar-refractivity contribution in [2.24, 2.45) is 23.7 Å². The molecule has 2 fully saturated rings. The van der Waals surface area contributed by atoms with Crippen molar-refractivity contribution in [2.75, 3.05) is 0 Å². The Morgan fingerprint density at radius 3 is 2.60 bits per heavy atom. The Kier molecular flexibility index (Phi) is 2.69. The van der Waals surface area contributed by atoms with Gasteiger partial charge in [-0.05, 0) is 43.4 Å². The summed E-state index contributed by atoms with van der Waals surface area (Å²) < 4.78 is -0.347. The van der Waals surface area contributed by atoms with E-state index in [1.807, 2.05) is 0 Å². The molecule has 2 aliphatic carbocycles. The maximum Gasteiger partial charge on any atom is 0.103 e. The van der Waals surface area contributed by atoms with Gasteiger partial charge in [0.25, 0.3) is 0 Å². The third-order valence-electron chi connectivity index (χ3n) is 4.15. The van der Waals surface area contributed by atoms with Gasteiger partial charge in [-0.1, -0.05) is 6.92 Å². The highest BCUT2D eigenvalue weighted by Crippen LogP contribution is 2.54. The Balaban J connectivity index is 1.83. The van der Waals surface area contributed by atoms with E-state index in [1.54, 1.807) is 0 Å². The second-order valence-corrected chi connectivity index (χ2v) is 5.92. The number of hydrogen-bond acceptors (Lipinski definition) is 3. The van der Waals surface area contributed by atoms with Gasteiger partial charge in [0, 0.05) is 5.92 Å². The fraction of sp³-hybridized carbons (Fsp3) is 0.833. The highest BCUT2D eigenvalue weighted by molar-refractivity contribution is 7.82. The van der Waals surface area contributed by atoms with Crippen LogP contribution < -0.4 is 0 Å². The molecule has 2 rings (SSSR count). The van der Waals surface area contributed by atoms with Crippen molar-refractivity contribution in [3.05, 3.63) is 0 Å². The first kappa shape index (κ1) is 10.8. The monoisotopic (exact) mass is 220 g/mol. The molecule has 2 aliphatic rings. The first-order valence-corrected chi connectivity index (χ1v) is 6.08. The van der Waals surface area contributed by atoms with Gasteiger partial charge in [-0.15, -0.1) is 0 Å². The first-order chi connectivity index (χ1) is 7.10. The summed E-state index contributed by atoms with van der Waals surface area (Å²) in [7, 11) is 0. The van der Waals surface area contributed by atoms with E-state index < -0.39 is 0 Å². The van der Waals surface area contributed by atoms with Gasteiger partial charge in [0.1, 0.15) is 4.75 Å². The lowest BCUT2D eigenvalue weighted by Gasteiger charge is -2.36.